The van der Waals surface area contributed by atoms with Crippen LogP contribution in [-0.2, 0) is 11.3 Å². The minimum atomic E-state index is -0.472. The van der Waals surface area contributed by atoms with E-state index in [1.54, 1.807) is 36.0 Å². The maximum Gasteiger partial charge on any atom is 0.419 e. The number of para-hydroxylation sites is 2. The number of rotatable bonds is 4. The van der Waals surface area contributed by atoms with Crippen LogP contribution in [0, 0.1) is 5.82 Å². The van der Waals surface area contributed by atoms with Crippen molar-refractivity contribution in [2.45, 2.75) is 30.3 Å². The van der Waals surface area contributed by atoms with Crippen LogP contribution < -0.4 is 11.1 Å². The van der Waals surface area contributed by atoms with Gasteiger partial charge in [-0.2, -0.15) is 0 Å². The number of carbonyl (C=O) groups excluding carboxylic acids is 1. The van der Waals surface area contributed by atoms with Gasteiger partial charge >= 0.3 is 5.76 Å². The predicted octanol–water partition coefficient (Wildman–Crippen LogP) is 3.48. The van der Waals surface area contributed by atoms with Crippen molar-refractivity contribution in [3.8, 4) is 0 Å². The number of hydrogen-bond acceptors (Lipinski definition) is 4. The predicted molar refractivity (Wildman–Crippen MR) is 97.7 cm³/mol. The SMILES string of the molecule is O=C(CCn1c(=O)oc2ccccc21)N[C@H]1CCSc2ccc(F)cc21. The highest BCUT2D eigenvalue weighted by atomic mass is 32.2. The highest BCUT2D eigenvalue weighted by molar-refractivity contribution is 7.99. The zero-order valence-corrected chi connectivity index (χ0v) is 14.7. The summed E-state index contributed by atoms with van der Waals surface area (Å²) in [5, 5.41) is 2.97. The Hall–Kier alpha value is -2.54. The van der Waals surface area contributed by atoms with Crippen LogP contribution in [0.15, 0.2) is 56.6 Å². The van der Waals surface area contributed by atoms with Crippen LogP contribution in [0.4, 0.5) is 4.39 Å². The smallest absolute Gasteiger partial charge is 0.408 e. The van der Waals surface area contributed by atoms with Crippen LogP contribution in [0.3, 0.4) is 0 Å². The molecule has 0 unspecified atom stereocenters. The minimum absolute atomic E-state index is 0.151. The van der Waals surface area contributed by atoms with Crippen LogP contribution in [0.25, 0.3) is 11.1 Å². The van der Waals surface area contributed by atoms with Crippen molar-refractivity contribution in [1.29, 1.82) is 0 Å². The van der Waals surface area contributed by atoms with Gasteiger partial charge in [0.2, 0.25) is 5.91 Å². The molecular formula is C19H17FN2O3S. The number of nitrogens with zero attached hydrogens (tertiary/aromatic N) is 1. The van der Waals surface area contributed by atoms with Gasteiger partial charge in [-0.25, -0.2) is 9.18 Å². The fraction of sp³-hybridized carbons (Fsp3) is 0.263. The van der Waals surface area contributed by atoms with Crippen LogP contribution in [0.5, 0.6) is 0 Å². The Balaban J connectivity index is 1.46. The van der Waals surface area contributed by atoms with E-state index in [9.17, 15) is 14.0 Å². The third-order valence-corrected chi connectivity index (χ3v) is 5.61. The number of aromatic nitrogens is 1. The first-order chi connectivity index (χ1) is 12.6. The molecule has 0 radical (unpaired) electrons. The van der Waals surface area contributed by atoms with Crippen LogP contribution in [0.1, 0.15) is 24.4 Å². The normalized spacial score (nSPS) is 16.4. The Morgan fingerprint density at radius 1 is 1.31 bits per heavy atom. The molecular weight excluding hydrogens is 355 g/mol. The number of benzene rings is 2. The van der Waals surface area contributed by atoms with Gasteiger partial charge in [-0.1, -0.05) is 12.1 Å². The van der Waals surface area contributed by atoms with E-state index in [-0.39, 0.29) is 30.7 Å². The van der Waals surface area contributed by atoms with Crippen LogP contribution in [0.2, 0.25) is 0 Å². The number of thioether (sulfide) groups is 1. The third kappa shape index (κ3) is 3.26. The van der Waals surface area contributed by atoms with E-state index in [0.29, 0.717) is 11.1 Å². The van der Waals surface area contributed by atoms with Crippen molar-refractivity contribution in [1.82, 2.24) is 9.88 Å². The monoisotopic (exact) mass is 372 g/mol. The number of carbonyl (C=O) groups is 1. The molecule has 26 heavy (non-hydrogen) atoms. The lowest BCUT2D eigenvalue weighted by molar-refractivity contribution is -0.122. The van der Waals surface area contributed by atoms with Gasteiger partial charge in [0.25, 0.3) is 0 Å². The molecule has 0 saturated carbocycles. The van der Waals surface area contributed by atoms with Crippen molar-refractivity contribution in [3.05, 3.63) is 64.4 Å². The van der Waals surface area contributed by atoms with Gasteiger partial charge in [0.15, 0.2) is 5.58 Å². The van der Waals surface area contributed by atoms with Crippen molar-refractivity contribution in [2.24, 2.45) is 0 Å². The van der Waals surface area contributed by atoms with Gasteiger partial charge in [-0.3, -0.25) is 9.36 Å². The summed E-state index contributed by atoms with van der Waals surface area (Å²) in [5.74, 6) is -0.0771. The second kappa shape index (κ2) is 6.99. The van der Waals surface area contributed by atoms with Crippen molar-refractivity contribution < 1.29 is 13.6 Å². The van der Waals surface area contributed by atoms with Gasteiger partial charge in [0, 0.05) is 23.6 Å². The van der Waals surface area contributed by atoms with Gasteiger partial charge < -0.3 is 9.73 Å². The maximum atomic E-state index is 13.6. The molecule has 1 atom stereocenters. The average molecular weight is 372 g/mol. The first-order valence-electron chi connectivity index (χ1n) is 8.42. The summed E-state index contributed by atoms with van der Waals surface area (Å²) in [5.41, 5.74) is 2.00. The van der Waals surface area contributed by atoms with Gasteiger partial charge in [0.1, 0.15) is 5.82 Å². The number of halogens is 1. The Bertz CT molecular complexity index is 1030. The van der Waals surface area contributed by atoms with Gasteiger partial charge in [-0.15, -0.1) is 11.8 Å². The summed E-state index contributed by atoms with van der Waals surface area (Å²) in [6.45, 7) is 0.235. The Morgan fingerprint density at radius 3 is 3.04 bits per heavy atom. The summed E-state index contributed by atoms with van der Waals surface area (Å²) in [7, 11) is 0. The molecule has 0 aliphatic carbocycles. The number of oxazole rings is 1. The lowest BCUT2D eigenvalue weighted by atomic mass is 10.0. The Kier molecular flexibility index (Phi) is 4.55. The molecule has 0 saturated heterocycles. The molecule has 3 aromatic rings. The first-order valence-corrected chi connectivity index (χ1v) is 9.40. The standard InChI is InChI=1S/C19H17FN2O3S/c20-12-5-6-17-13(11-12)14(8-10-26-17)21-18(23)7-9-22-15-3-1-2-4-16(15)25-19(22)24/h1-6,11,14H,7-10H2,(H,21,23)/t14-/m0/s1. The molecule has 5 nitrogen and oxygen atoms in total. The number of hydrogen-bond donors (Lipinski definition) is 1. The van der Waals surface area contributed by atoms with E-state index >= 15 is 0 Å². The third-order valence-electron chi connectivity index (χ3n) is 4.48. The van der Waals surface area contributed by atoms with E-state index in [0.717, 1.165) is 22.6 Å². The number of fused-ring (bicyclic) bond motifs is 2. The molecule has 2 aromatic carbocycles. The van der Waals surface area contributed by atoms with E-state index in [4.69, 9.17) is 4.42 Å². The molecule has 0 fully saturated rings. The maximum absolute atomic E-state index is 13.6. The molecule has 0 bridgehead atoms. The Labute approximate surface area is 153 Å². The van der Waals surface area contributed by atoms with Crippen LogP contribution in [-0.4, -0.2) is 16.2 Å². The molecule has 0 spiro atoms. The molecule has 1 aromatic heterocycles. The molecule has 1 aliphatic heterocycles. The quantitative estimate of drug-likeness (QED) is 0.762. The second-order valence-corrected chi connectivity index (χ2v) is 7.31. The number of nitrogens with one attached hydrogen (secondary N) is 1. The number of amides is 1. The molecule has 1 aliphatic rings. The van der Waals surface area contributed by atoms with Crippen molar-refractivity contribution >= 4 is 28.8 Å². The summed E-state index contributed by atoms with van der Waals surface area (Å²) in [6.07, 6.45) is 0.902. The summed E-state index contributed by atoms with van der Waals surface area (Å²) >= 11 is 1.67. The summed E-state index contributed by atoms with van der Waals surface area (Å²) < 4.78 is 20.2. The highest BCUT2D eigenvalue weighted by Crippen LogP contribution is 2.36. The second-order valence-electron chi connectivity index (χ2n) is 6.18. The van der Waals surface area contributed by atoms with Crippen LogP contribution >= 0.6 is 11.8 Å². The zero-order valence-electron chi connectivity index (χ0n) is 13.9. The van der Waals surface area contributed by atoms with Crippen molar-refractivity contribution in [2.75, 3.05) is 5.75 Å². The molecule has 134 valence electrons. The van der Waals surface area contributed by atoms with E-state index in [2.05, 4.69) is 5.32 Å². The topological polar surface area (TPSA) is 64.2 Å². The first kappa shape index (κ1) is 16.9. The molecule has 1 N–H and O–H groups in total. The molecule has 2 heterocycles. The van der Waals surface area contributed by atoms with Crippen molar-refractivity contribution in [3.63, 3.8) is 0 Å². The van der Waals surface area contributed by atoms with E-state index in [1.165, 1.54) is 16.7 Å². The van der Waals surface area contributed by atoms with Gasteiger partial charge in [-0.05, 0) is 42.3 Å². The molecule has 1 amide bonds. The average Bonchev–Trinajstić information content (AvgIpc) is 2.95. The zero-order chi connectivity index (χ0) is 18.1. The lowest BCUT2D eigenvalue weighted by Crippen LogP contribution is -2.32. The minimum Gasteiger partial charge on any atom is -0.408 e. The fourth-order valence-corrected chi connectivity index (χ4v) is 4.33. The van der Waals surface area contributed by atoms with E-state index < -0.39 is 5.76 Å². The summed E-state index contributed by atoms with van der Waals surface area (Å²) in [6, 6.07) is 11.6. The largest absolute Gasteiger partial charge is 0.419 e. The molecule has 4 rings (SSSR count). The lowest BCUT2D eigenvalue weighted by Gasteiger charge is -2.26. The molecule has 7 heteroatoms. The summed E-state index contributed by atoms with van der Waals surface area (Å²) in [4.78, 5) is 25.4. The van der Waals surface area contributed by atoms with E-state index in [1.807, 2.05) is 6.07 Å². The highest BCUT2D eigenvalue weighted by Gasteiger charge is 2.23. The number of aryl methyl sites for hydroxylation is 1. The Morgan fingerprint density at radius 2 is 2.15 bits per heavy atom. The van der Waals surface area contributed by atoms with Gasteiger partial charge in [0.05, 0.1) is 11.6 Å². The fourth-order valence-electron chi connectivity index (χ4n) is 3.22.